The molecule has 172 valence electrons. The van der Waals surface area contributed by atoms with Crippen LogP contribution < -0.4 is 0 Å². The highest BCUT2D eigenvalue weighted by atomic mass is 16.6. The maximum absolute atomic E-state index is 12.4. The summed E-state index contributed by atoms with van der Waals surface area (Å²) in [7, 11) is 0. The van der Waals surface area contributed by atoms with Crippen molar-refractivity contribution in [2.24, 2.45) is 0 Å². The summed E-state index contributed by atoms with van der Waals surface area (Å²) in [6.07, 6.45) is 10.5. The van der Waals surface area contributed by atoms with Crippen molar-refractivity contribution < 1.29 is 14.3 Å². The molecule has 1 rings (SSSR count). The minimum absolute atomic E-state index is 0.0250. The largest absolute Gasteiger partial charge is 0.444 e. The molecule has 0 aliphatic carbocycles. The molecular formula is C25H44N2O3. The van der Waals surface area contributed by atoms with Crippen molar-refractivity contribution in [3.05, 3.63) is 49.1 Å². The van der Waals surface area contributed by atoms with Crippen LogP contribution in [0.2, 0.25) is 0 Å². The summed E-state index contributed by atoms with van der Waals surface area (Å²) in [5.74, 6) is -0.0250. The zero-order valence-corrected chi connectivity index (χ0v) is 20.5. The van der Waals surface area contributed by atoms with Gasteiger partial charge in [-0.05, 0) is 39.2 Å². The summed E-state index contributed by atoms with van der Waals surface area (Å²) < 4.78 is 5.50. The van der Waals surface area contributed by atoms with E-state index in [-0.39, 0.29) is 18.0 Å². The van der Waals surface area contributed by atoms with E-state index in [2.05, 4.69) is 13.2 Å². The number of rotatable bonds is 7. The van der Waals surface area contributed by atoms with Crippen molar-refractivity contribution in [3.63, 3.8) is 0 Å². The summed E-state index contributed by atoms with van der Waals surface area (Å²) in [4.78, 5) is 28.1. The molecule has 0 aromatic carbocycles. The Hall–Kier alpha value is -2.30. The zero-order chi connectivity index (χ0) is 23.7. The molecule has 1 aliphatic heterocycles. The van der Waals surface area contributed by atoms with E-state index in [1.165, 1.54) is 0 Å². The smallest absolute Gasteiger partial charge is 0.410 e. The molecule has 0 spiro atoms. The van der Waals surface area contributed by atoms with Gasteiger partial charge in [0.2, 0.25) is 5.91 Å². The second kappa shape index (κ2) is 16.5. The Bertz CT molecular complexity index is 586. The molecule has 0 N–H and O–H groups in total. The van der Waals surface area contributed by atoms with Gasteiger partial charge in [-0.2, -0.15) is 0 Å². The number of ether oxygens (including phenoxy) is 1. The van der Waals surface area contributed by atoms with Gasteiger partial charge in [0.1, 0.15) is 5.60 Å². The first-order valence-corrected chi connectivity index (χ1v) is 11.0. The Morgan fingerprint density at radius 2 is 1.73 bits per heavy atom. The Labute approximate surface area is 185 Å². The van der Waals surface area contributed by atoms with E-state index in [4.69, 9.17) is 4.74 Å². The molecule has 0 aromatic heterocycles. The average Bonchev–Trinajstić information content (AvgIpc) is 3.16. The lowest BCUT2D eigenvalue weighted by Gasteiger charge is -2.32. The van der Waals surface area contributed by atoms with Crippen LogP contribution in [-0.2, 0) is 9.53 Å². The molecule has 1 atom stereocenters. The fourth-order valence-corrected chi connectivity index (χ4v) is 2.87. The van der Waals surface area contributed by atoms with Gasteiger partial charge < -0.3 is 14.5 Å². The summed E-state index contributed by atoms with van der Waals surface area (Å²) in [6, 6.07) is -0.0258. The topological polar surface area (TPSA) is 49.9 Å². The molecule has 1 aliphatic rings. The third kappa shape index (κ3) is 12.3. The molecule has 0 saturated carbocycles. The molecule has 5 heteroatoms. The second-order valence-corrected chi connectivity index (χ2v) is 7.44. The van der Waals surface area contributed by atoms with Crippen molar-refractivity contribution in [1.29, 1.82) is 0 Å². The van der Waals surface area contributed by atoms with Crippen LogP contribution in [0.5, 0.6) is 0 Å². The normalized spacial score (nSPS) is 16.1. The van der Waals surface area contributed by atoms with Crippen LogP contribution in [0.15, 0.2) is 49.1 Å². The Morgan fingerprint density at radius 3 is 2.20 bits per heavy atom. The summed E-state index contributed by atoms with van der Waals surface area (Å²) in [5, 5.41) is 0. The van der Waals surface area contributed by atoms with Gasteiger partial charge in [-0.3, -0.25) is 4.79 Å². The number of hydrogen-bond acceptors (Lipinski definition) is 3. The van der Waals surface area contributed by atoms with E-state index >= 15 is 0 Å². The fraction of sp³-hybridized carbons (Fsp3) is 0.600. The summed E-state index contributed by atoms with van der Waals surface area (Å²) in [6.45, 7) is 24.1. The first-order chi connectivity index (χ1) is 14.2. The van der Waals surface area contributed by atoms with Crippen LogP contribution in [0.4, 0.5) is 4.79 Å². The SMILES string of the molecule is C=C/C=C\C(=C/C=C)CN(CC1CCCN1C(=O)OC(C)(C)C)C(C)=O.CC.CC. The lowest BCUT2D eigenvalue weighted by molar-refractivity contribution is -0.129. The maximum Gasteiger partial charge on any atom is 0.410 e. The Morgan fingerprint density at radius 1 is 1.13 bits per heavy atom. The monoisotopic (exact) mass is 420 g/mol. The highest BCUT2D eigenvalue weighted by Crippen LogP contribution is 2.22. The molecule has 0 aromatic rings. The number of carbonyl (C=O) groups is 2. The first kappa shape index (κ1) is 29.9. The van der Waals surface area contributed by atoms with Gasteiger partial charge >= 0.3 is 6.09 Å². The molecule has 1 unspecified atom stereocenters. The van der Waals surface area contributed by atoms with Crippen molar-refractivity contribution in [3.8, 4) is 0 Å². The van der Waals surface area contributed by atoms with Gasteiger partial charge in [0.05, 0.1) is 6.04 Å². The van der Waals surface area contributed by atoms with E-state index in [9.17, 15) is 9.59 Å². The summed E-state index contributed by atoms with van der Waals surface area (Å²) >= 11 is 0. The van der Waals surface area contributed by atoms with Crippen molar-refractivity contribution >= 4 is 12.0 Å². The van der Waals surface area contributed by atoms with Gasteiger partial charge in [-0.25, -0.2) is 4.79 Å². The molecule has 1 fully saturated rings. The molecular weight excluding hydrogens is 376 g/mol. The standard InChI is InChI=1S/C21H32N2O3.2C2H6/c1-7-9-12-18(11-8-2)15-22(17(3)24)16-19-13-10-14-23(19)20(25)26-21(4,5)6;2*1-2/h7-9,11-12,19H,1-2,10,13-16H2,3-6H3;2*1-2H3/b12-9-,18-11+;;. The predicted molar refractivity (Wildman–Crippen MR) is 129 cm³/mol. The van der Waals surface area contributed by atoms with Crippen molar-refractivity contribution in [1.82, 2.24) is 9.80 Å². The first-order valence-electron chi connectivity index (χ1n) is 11.0. The number of hydrogen-bond donors (Lipinski definition) is 0. The minimum Gasteiger partial charge on any atom is -0.444 e. The van der Waals surface area contributed by atoms with Crippen LogP contribution in [-0.4, -0.2) is 53.1 Å². The predicted octanol–water partition coefficient (Wildman–Crippen LogP) is 6.14. The molecule has 5 nitrogen and oxygen atoms in total. The highest BCUT2D eigenvalue weighted by Gasteiger charge is 2.33. The molecule has 0 radical (unpaired) electrons. The van der Waals surface area contributed by atoms with Crippen LogP contribution in [0.1, 0.15) is 68.2 Å². The fourth-order valence-electron chi connectivity index (χ4n) is 2.87. The van der Waals surface area contributed by atoms with Crippen LogP contribution in [0.3, 0.4) is 0 Å². The maximum atomic E-state index is 12.4. The lowest BCUT2D eigenvalue weighted by atomic mass is 10.1. The van der Waals surface area contributed by atoms with Gasteiger partial charge in [-0.15, -0.1) is 0 Å². The van der Waals surface area contributed by atoms with Crippen LogP contribution >= 0.6 is 0 Å². The molecule has 30 heavy (non-hydrogen) atoms. The zero-order valence-electron chi connectivity index (χ0n) is 20.5. The van der Waals surface area contributed by atoms with Crippen molar-refractivity contribution in [2.75, 3.05) is 19.6 Å². The number of likely N-dealkylation sites (tertiary alicyclic amines) is 1. The van der Waals surface area contributed by atoms with E-state index in [1.54, 1.807) is 28.9 Å². The second-order valence-electron chi connectivity index (χ2n) is 7.44. The van der Waals surface area contributed by atoms with Crippen LogP contribution in [0.25, 0.3) is 0 Å². The number of amides is 2. The molecule has 1 heterocycles. The Kier molecular flexibility index (Phi) is 16.4. The van der Waals surface area contributed by atoms with Crippen molar-refractivity contribution in [2.45, 2.75) is 79.9 Å². The molecule has 1 saturated heterocycles. The minimum atomic E-state index is -0.528. The highest BCUT2D eigenvalue weighted by molar-refractivity contribution is 5.74. The lowest BCUT2D eigenvalue weighted by Crippen LogP contribution is -2.46. The third-order valence-corrected chi connectivity index (χ3v) is 4.03. The van der Waals surface area contributed by atoms with Gasteiger partial charge in [0.25, 0.3) is 0 Å². The Balaban J connectivity index is 0. The summed E-state index contributed by atoms with van der Waals surface area (Å²) in [5.41, 5.74) is 0.428. The number of nitrogens with zero attached hydrogens (tertiary/aromatic N) is 2. The number of allylic oxidation sites excluding steroid dienone is 4. The van der Waals surface area contributed by atoms with Crippen LogP contribution in [0, 0.1) is 0 Å². The van der Waals surface area contributed by atoms with E-state index in [1.807, 2.05) is 66.7 Å². The average molecular weight is 421 g/mol. The van der Waals surface area contributed by atoms with Gasteiger partial charge in [0.15, 0.2) is 0 Å². The molecule has 0 bridgehead atoms. The van der Waals surface area contributed by atoms with E-state index in [0.29, 0.717) is 19.6 Å². The van der Waals surface area contributed by atoms with Gasteiger partial charge in [0, 0.05) is 26.6 Å². The van der Waals surface area contributed by atoms with Gasteiger partial charge in [-0.1, -0.05) is 71.2 Å². The third-order valence-electron chi connectivity index (χ3n) is 4.03. The van der Waals surface area contributed by atoms with E-state index in [0.717, 1.165) is 18.4 Å². The quantitative estimate of drug-likeness (QED) is 0.465. The molecule has 2 amide bonds. The van der Waals surface area contributed by atoms with E-state index < -0.39 is 5.60 Å². The number of carbonyl (C=O) groups excluding carboxylic acids is 2.